The van der Waals surface area contributed by atoms with E-state index in [0.29, 0.717) is 18.0 Å². The highest BCUT2D eigenvalue weighted by Gasteiger charge is 2.10. The molecule has 0 bridgehead atoms. The van der Waals surface area contributed by atoms with Crippen LogP contribution in [0, 0.1) is 13.8 Å². The van der Waals surface area contributed by atoms with Crippen molar-refractivity contribution < 1.29 is 0 Å². The standard InChI is InChI=1S/C11H11ClN6S/c1-5-6(2)19-7(16-5)3-13-9-8-10(15-4-14-8)18-11(12)17-9/h4H,3H2,1-2H3,(H2,13,14,15,17,18). The Bertz CT molecular complexity index is 714. The van der Waals surface area contributed by atoms with Crippen molar-refractivity contribution in [1.29, 1.82) is 0 Å². The maximum Gasteiger partial charge on any atom is 0.226 e. The summed E-state index contributed by atoms with van der Waals surface area (Å²) in [6, 6.07) is 0. The minimum Gasteiger partial charge on any atom is -0.362 e. The topological polar surface area (TPSA) is 79.4 Å². The molecule has 0 atom stereocenters. The summed E-state index contributed by atoms with van der Waals surface area (Å²) < 4.78 is 0. The molecule has 0 saturated heterocycles. The van der Waals surface area contributed by atoms with E-state index in [1.165, 1.54) is 4.88 Å². The largest absolute Gasteiger partial charge is 0.362 e. The highest BCUT2D eigenvalue weighted by molar-refractivity contribution is 7.11. The van der Waals surface area contributed by atoms with Crippen molar-refractivity contribution in [3.63, 3.8) is 0 Å². The molecule has 3 rings (SSSR count). The predicted molar refractivity (Wildman–Crippen MR) is 75.6 cm³/mol. The average Bonchev–Trinajstić information content (AvgIpc) is 2.94. The number of nitrogens with zero attached hydrogens (tertiary/aromatic N) is 4. The molecule has 0 aliphatic carbocycles. The van der Waals surface area contributed by atoms with Crippen molar-refractivity contribution in [2.75, 3.05) is 5.32 Å². The van der Waals surface area contributed by atoms with Gasteiger partial charge in [0.1, 0.15) is 10.5 Å². The van der Waals surface area contributed by atoms with E-state index in [9.17, 15) is 0 Å². The van der Waals surface area contributed by atoms with Gasteiger partial charge in [-0.25, -0.2) is 9.97 Å². The molecule has 2 N–H and O–H groups in total. The van der Waals surface area contributed by atoms with E-state index in [2.05, 4.69) is 37.2 Å². The average molecular weight is 295 g/mol. The van der Waals surface area contributed by atoms with E-state index in [0.717, 1.165) is 16.2 Å². The molecule has 0 unspecified atom stereocenters. The summed E-state index contributed by atoms with van der Waals surface area (Å²) in [7, 11) is 0. The number of thiazole rings is 1. The number of aryl methyl sites for hydroxylation is 2. The smallest absolute Gasteiger partial charge is 0.226 e. The number of hydrogen-bond donors (Lipinski definition) is 2. The molecule has 3 heterocycles. The van der Waals surface area contributed by atoms with E-state index in [1.54, 1.807) is 17.7 Å². The lowest BCUT2D eigenvalue weighted by atomic mass is 10.4. The lowest BCUT2D eigenvalue weighted by Gasteiger charge is -2.04. The Balaban J connectivity index is 1.87. The highest BCUT2D eigenvalue weighted by Crippen LogP contribution is 2.21. The number of hydrogen-bond acceptors (Lipinski definition) is 6. The molecule has 0 amide bonds. The van der Waals surface area contributed by atoms with Gasteiger partial charge in [0, 0.05) is 4.88 Å². The Hall–Kier alpha value is -1.73. The number of imidazole rings is 1. The third kappa shape index (κ3) is 2.39. The quantitative estimate of drug-likeness (QED) is 0.726. The first-order chi connectivity index (χ1) is 9.13. The number of nitrogens with one attached hydrogen (secondary N) is 2. The van der Waals surface area contributed by atoms with Gasteiger partial charge in [-0.2, -0.15) is 9.97 Å². The molecule has 8 heteroatoms. The summed E-state index contributed by atoms with van der Waals surface area (Å²) in [5, 5.41) is 4.40. The van der Waals surface area contributed by atoms with Gasteiger partial charge < -0.3 is 10.3 Å². The number of halogens is 1. The van der Waals surface area contributed by atoms with Crippen LogP contribution in [-0.2, 0) is 6.54 Å². The number of aromatic amines is 1. The first-order valence-corrected chi connectivity index (χ1v) is 6.86. The zero-order chi connectivity index (χ0) is 13.4. The number of aromatic nitrogens is 5. The zero-order valence-electron chi connectivity index (χ0n) is 10.4. The third-order valence-corrected chi connectivity index (χ3v) is 3.98. The number of H-pyrrole nitrogens is 1. The van der Waals surface area contributed by atoms with Crippen molar-refractivity contribution >= 4 is 39.9 Å². The molecule has 3 aromatic heterocycles. The van der Waals surface area contributed by atoms with Gasteiger partial charge in [0.15, 0.2) is 11.5 Å². The summed E-state index contributed by atoms with van der Waals surface area (Å²) in [6.07, 6.45) is 1.57. The van der Waals surface area contributed by atoms with Crippen LogP contribution in [0.3, 0.4) is 0 Å². The van der Waals surface area contributed by atoms with Crippen LogP contribution in [-0.4, -0.2) is 24.9 Å². The Morgan fingerprint density at radius 1 is 1.32 bits per heavy atom. The van der Waals surface area contributed by atoms with E-state index < -0.39 is 0 Å². The Morgan fingerprint density at radius 3 is 2.89 bits per heavy atom. The first kappa shape index (κ1) is 12.3. The number of anilines is 1. The molecule has 0 aliphatic heterocycles. The fraction of sp³-hybridized carbons (Fsp3) is 0.273. The molecular weight excluding hydrogens is 284 g/mol. The Kier molecular flexibility index (Phi) is 3.08. The molecule has 0 aliphatic rings. The van der Waals surface area contributed by atoms with Gasteiger partial charge in [-0.15, -0.1) is 11.3 Å². The molecule has 98 valence electrons. The second kappa shape index (κ2) is 4.75. The van der Waals surface area contributed by atoms with Crippen molar-refractivity contribution in [2.45, 2.75) is 20.4 Å². The third-order valence-electron chi connectivity index (χ3n) is 2.74. The summed E-state index contributed by atoms with van der Waals surface area (Å²) in [4.78, 5) is 21.0. The molecule has 3 aromatic rings. The van der Waals surface area contributed by atoms with E-state index in [1.807, 2.05) is 6.92 Å². The van der Waals surface area contributed by atoms with Crippen molar-refractivity contribution in [2.24, 2.45) is 0 Å². The molecule has 6 nitrogen and oxygen atoms in total. The van der Waals surface area contributed by atoms with Crippen molar-refractivity contribution in [3.05, 3.63) is 27.2 Å². The molecule has 0 spiro atoms. The van der Waals surface area contributed by atoms with Crippen LogP contribution in [0.2, 0.25) is 5.28 Å². The summed E-state index contributed by atoms with van der Waals surface area (Å²) in [5.41, 5.74) is 2.36. The van der Waals surface area contributed by atoms with Crippen LogP contribution in [0.4, 0.5) is 5.82 Å². The summed E-state index contributed by atoms with van der Waals surface area (Å²) in [6.45, 7) is 4.66. The fourth-order valence-corrected chi connectivity index (χ4v) is 2.75. The van der Waals surface area contributed by atoms with Crippen LogP contribution >= 0.6 is 22.9 Å². The van der Waals surface area contributed by atoms with Gasteiger partial charge in [-0.3, -0.25) is 0 Å². The summed E-state index contributed by atoms with van der Waals surface area (Å²) in [5.74, 6) is 0.637. The molecule has 19 heavy (non-hydrogen) atoms. The van der Waals surface area contributed by atoms with Gasteiger partial charge in [0.2, 0.25) is 5.28 Å². The minimum absolute atomic E-state index is 0.175. The van der Waals surface area contributed by atoms with Crippen LogP contribution in [0.15, 0.2) is 6.33 Å². The van der Waals surface area contributed by atoms with Gasteiger partial charge >= 0.3 is 0 Å². The molecule has 0 fully saturated rings. The van der Waals surface area contributed by atoms with Gasteiger partial charge in [-0.05, 0) is 25.4 Å². The Labute approximate surface area is 118 Å². The minimum atomic E-state index is 0.175. The zero-order valence-corrected chi connectivity index (χ0v) is 11.9. The van der Waals surface area contributed by atoms with E-state index in [4.69, 9.17) is 11.6 Å². The van der Waals surface area contributed by atoms with Crippen molar-refractivity contribution in [3.8, 4) is 0 Å². The summed E-state index contributed by atoms with van der Waals surface area (Å²) >= 11 is 7.53. The lowest BCUT2D eigenvalue weighted by molar-refractivity contribution is 1.05. The molecular formula is C11H11ClN6S. The maximum absolute atomic E-state index is 5.86. The second-order valence-electron chi connectivity index (χ2n) is 4.05. The molecule has 0 radical (unpaired) electrons. The molecule has 0 saturated carbocycles. The van der Waals surface area contributed by atoms with Gasteiger partial charge in [-0.1, -0.05) is 0 Å². The molecule has 0 aromatic carbocycles. The second-order valence-corrected chi connectivity index (χ2v) is 5.67. The number of rotatable bonds is 3. The van der Waals surface area contributed by atoms with Crippen LogP contribution in [0.25, 0.3) is 11.2 Å². The van der Waals surface area contributed by atoms with Crippen LogP contribution in [0.5, 0.6) is 0 Å². The van der Waals surface area contributed by atoms with Gasteiger partial charge in [0.05, 0.1) is 18.6 Å². The number of fused-ring (bicyclic) bond motifs is 1. The SMILES string of the molecule is Cc1nc(CNc2nc(Cl)nc3nc[nH]c23)sc1C. The maximum atomic E-state index is 5.86. The van der Waals surface area contributed by atoms with E-state index in [-0.39, 0.29) is 5.28 Å². The lowest BCUT2D eigenvalue weighted by Crippen LogP contribution is -2.03. The predicted octanol–water partition coefficient (Wildman–Crippen LogP) is 2.69. The van der Waals surface area contributed by atoms with Crippen LogP contribution < -0.4 is 5.32 Å². The highest BCUT2D eigenvalue weighted by atomic mass is 35.5. The monoisotopic (exact) mass is 294 g/mol. The van der Waals surface area contributed by atoms with E-state index >= 15 is 0 Å². The normalized spacial score (nSPS) is 11.1. The Morgan fingerprint density at radius 2 is 2.16 bits per heavy atom. The first-order valence-electron chi connectivity index (χ1n) is 5.67. The van der Waals surface area contributed by atoms with Crippen molar-refractivity contribution in [1.82, 2.24) is 24.9 Å². The van der Waals surface area contributed by atoms with Gasteiger partial charge in [0.25, 0.3) is 0 Å². The van der Waals surface area contributed by atoms with Crippen LogP contribution in [0.1, 0.15) is 15.6 Å². The fourth-order valence-electron chi connectivity index (χ4n) is 1.71.